The summed E-state index contributed by atoms with van der Waals surface area (Å²) in [6, 6.07) is 14.0. The van der Waals surface area contributed by atoms with Crippen LogP contribution in [-0.4, -0.2) is 28.7 Å². The van der Waals surface area contributed by atoms with E-state index in [1.54, 1.807) is 30.3 Å². The quantitative estimate of drug-likeness (QED) is 0.288. The van der Waals surface area contributed by atoms with Crippen LogP contribution in [0.15, 0.2) is 53.7 Å². The van der Waals surface area contributed by atoms with Gasteiger partial charge in [0.05, 0.1) is 30.5 Å². The summed E-state index contributed by atoms with van der Waals surface area (Å²) in [7, 11) is 1.50. The lowest BCUT2D eigenvalue weighted by molar-refractivity contribution is 0.0516. The lowest BCUT2D eigenvalue weighted by Crippen LogP contribution is -2.16. The normalized spacial score (nSPS) is 11.4. The first-order valence-corrected chi connectivity index (χ1v) is 9.24. The second-order valence-electron chi connectivity index (χ2n) is 6.48. The molecule has 0 aliphatic rings. The predicted molar refractivity (Wildman–Crippen MR) is 111 cm³/mol. The average Bonchev–Trinajstić information content (AvgIpc) is 3.03. The largest absolute Gasteiger partial charge is 0.496 e. The second kappa shape index (κ2) is 8.79. The number of hydrogen-bond donors (Lipinski definition) is 1. The molecule has 0 fully saturated rings. The van der Waals surface area contributed by atoms with E-state index in [9.17, 15) is 4.79 Å². The molecule has 150 valence electrons. The van der Waals surface area contributed by atoms with Crippen LogP contribution in [0, 0.1) is 13.8 Å². The third-order valence-corrected chi connectivity index (χ3v) is 4.52. The van der Waals surface area contributed by atoms with Crippen LogP contribution < -0.4 is 10.5 Å². The fourth-order valence-corrected chi connectivity index (χ4v) is 3.00. The third kappa shape index (κ3) is 4.94. The molecule has 1 aromatic heterocycles. The molecule has 0 aliphatic carbocycles. The molecule has 0 amide bonds. The monoisotopic (exact) mass is 412 g/mol. The van der Waals surface area contributed by atoms with Crippen molar-refractivity contribution >= 4 is 23.4 Å². The third-order valence-electron chi connectivity index (χ3n) is 4.29. The van der Waals surface area contributed by atoms with E-state index in [1.165, 1.54) is 7.11 Å². The van der Waals surface area contributed by atoms with Crippen molar-refractivity contribution in [2.24, 2.45) is 10.9 Å². The van der Waals surface area contributed by atoms with E-state index in [0.717, 1.165) is 17.0 Å². The van der Waals surface area contributed by atoms with Gasteiger partial charge in [-0.25, -0.2) is 4.79 Å². The molecule has 3 rings (SSSR count). The standard InChI is InChI=1S/C21H21ClN4O3/c1-13-10-14(2)26(24-13)12-15-4-6-16(7-5-15)21(27)29-25-20(23)18-11-17(22)8-9-19(18)28-3/h4-11H,12H2,1-3H3,(H2,23,25). The zero-order chi connectivity index (χ0) is 21.0. The molecule has 3 aromatic rings. The van der Waals surface area contributed by atoms with Gasteiger partial charge < -0.3 is 15.3 Å². The second-order valence-corrected chi connectivity index (χ2v) is 6.92. The van der Waals surface area contributed by atoms with E-state index in [4.69, 9.17) is 26.9 Å². The Morgan fingerprint density at radius 2 is 1.90 bits per heavy atom. The maximum Gasteiger partial charge on any atom is 0.365 e. The Bertz CT molecular complexity index is 1060. The first-order chi connectivity index (χ1) is 13.9. The highest BCUT2D eigenvalue weighted by atomic mass is 35.5. The molecule has 0 aliphatic heterocycles. The first kappa shape index (κ1) is 20.4. The van der Waals surface area contributed by atoms with E-state index in [2.05, 4.69) is 10.3 Å². The number of oxime groups is 1. The van der Waals surface area contributed by atoms with Gasteiger partial charge in [-0.15, -0.1) is 0 Å². The van der Waals surface area contributed by atoms with Crippen LogP contribution in [0.2, 0.25) is 5.02 Å². The summed E-state index contributed by atoms with van der Waals surface area (Å²) in [5, 5.41) is 8.61. The molecular weight excluding hydrogens is 392 g/mol. The number of amidine groups is 1. The van der Waals surface area contributed by atoms with E-state index in [-0.39, 0.29) is 5.84 Å². The molecular formula is C21H21ClN4O3. The number of halogens is 1. The zero-order valence-electron chi connectivity index (χ0n) is 16.3. The minimum atomic E-state index is -0.619. The highest BCUT2D eigenvalue weighted by molar-refractivity contribution is 6.31. The van der Waals surface area contributed by atoms with Crippen molar-refractivity contribution in [2.75, 3.05) is 7.11 Å². The number of methoxy groups -OCH3 is 1. The van der Waals surface area contributed by atoms with Crippen LogP contribution in [0.25, 0.3) is 0 Å². The van der Waals surface area contributed by atoms with Gasteiger partial charge in [-0.1, -0.05) is 28.9 Å². The van der Waals surface area contributed by atoms with Crippen LogP contribution in [0.5, 0.6) is 5.75 Å². The number of benzene rings is 2. The molecule has 29 heavy (non-hydrogen) atoms. The van der Waals surface area contributed by atoms with Gasteiger partial charge in [0.2, 0.25) is 0 Å². The topological polar surface area (TPSA) is 91.7 Å². The van der Waals surface area contributed by atoms with Crippen molar-refractivity contribution in [2.45, 2.75) is 20.4 Å². The molecule has 8 heteroatoms. The van der Waals surface area contributed by atoms with E-state index >= 15 is 0 Å². The highest BCUT2D eigenvalue weighted by Crippen LogP contribution is 2.22. The summed E-state index contributed by atoms with van der Waals surface area (Å²) >= 11 is 5.98. The summed E-state index contributed by atoms with van der Waals surface area (Å²) in [6.45, 7) is 4.57. The molecule has 1 heterocycles. The first-order valence-electron chi connectivity index (χ1n) is 8.86. The molecule has 0 radical (unpaired) electrons. The number of aryl methyl sites for hydroxylation is 2. The number of carbonyl (C=O) groups is 1. The van der Waals surface area contributed by atoms with Crippen molar-refractivity contribution in [1.82, 2.24) is 9.78 Å². The summed E-state index contributed by atoms with van der Waals surface area (Å²) in [4.78, 5) is 17.2. The number of ether oxygens (including phenoxy) is 1. The van der Waals surface area contributed by atoms with Gasteiger partial charge in [0.1, 0.15) is 5.75 Å². The summed E-state index contributed by atoms with van der Waals surface area (Å²) in [6.07, 6.45) is 0. The van der Waals surface area contributed by atoms with E-state index in [0.29, 0.717) is 28.4 Å². The summed E-state index contributed by atoms with van der Waals surface area (Å²) in [5.74, 6) is -0.161. The number of hydrogen-bond acceptors (Lipinski definition) is 5. The molecule has 0 bridgehead atoms. The van der Waals surface area contributed by atoms with Crippen LogP contribution in [0.3, 0.4) is 0 Å². The van der Waals surface area contributed by atoms with Gasteiger partial charge in [-0.2, -0.15) is 5.10 Å². The molecule has 7 nitrogen and oxygen atoms in total. The van der Waals surface area contributed by atoms with Crippen molar-refractivity contribution in [1.29, 1.82) is 0 Å². The van der Waals surface area contributed by atoms with Gasteiger partial charge in [0.15, 0.2) is 5.84 Å². The van der Waals surface area contributed by atoms with Crippen molar-refractivity contribution < 1.29 is 14.4 Å². The predicted octanol–water partition coefficient (Wildman–Crippen LogP) is 3.69. The van der Waals surface area contributed by atoms with Crippen LogP contribution >= 0.6 is 11.6 Å². The Morgan fingerprint density at radius 3 is 2.52 bits per heavy atom. The van der Waals surface area contributed by atoms with Crippen LogP contribution in [-0.2, 0) is 11.4 Å². The Balaban J connectivity index is 1.68. The molecule has 0 spiro atoms. The number of carbonyl (C=O) groups excluding carboxylic acids is 1. The average molecular weight is 413 g/mol. The molecule has 0 saturated heterocycles. The molecule has 0 saturated carbocycles. The van der Waals surface area contributed by atoms with Gasteiger partial charge in [-0.3, -0.25) is 4.68 Å². The van der Waals surface area contributed by atoms with Gasteiger partial charge in [-0.05, 0) is 55.8 Å². The Morgan fingerprint density at radius 1 is 1.17 bits per heavy atom. The lowest BCUT2D eigenvalue weighted by Gasteiger charge is -2.08. The van der Waals surface area contributed by atoms with E-state index in [1.807, 2.05) is 36.7 Å². The van der Waals surface area contributed by atoms with Crippen molar-refractivity contribution in [3.05, 3.63) is 81.6 Å². The van der Waals surface area contributed by atoms with Gasteiger partial charge in [0.25, 0.3) is 0 Å². The molecule has 0 unspecified atom stereocenters. The smallest absolute Gasteiger partial charge is 0.365 e. The van der Waals surface area contributed by atoms with Gasteiger partial charge in [0, 0.05) is 10.7 Å². The van der Waals surface area contributed by atoms with Crippen molar-refractivity contribution in [3.63, 3.8) is 0 Å². The number of aromatic nitrogens is 2. The highest BCUT2D eigenvalue weighted by Gasteiger charge is 2.12. The van der Waals surface area contributed by atoms with Crippen LogP contribution in [0.4, 0.5) is 0 Å². The molecule has 2 aromatic carbocycles. The molecule has 0 atom stereocenters. The van der Waals surface area contributed by atoms with Gasteiger partial charge >= 0.3 is 5.97 Å². The number of nitrogens with zero attached hydrogens (tertiary/aromatic N) is 3. The minimum Gasteiger partial charge on any atom is -0.496 e. The Labute approximate surface area is 173 Å². The molecule has 2 N–H and O–H groups in total. The zero-order valence-corrected chi connectivity index (χ0v) is 17.1. The minimum absolute atomic E-state index is 0.0150. The summed E-state index contributed by atoms with van der Waals surface area (Å²) in [5.41, 5.74) is 9.77. The lowest BCUT2D eigenvalue weighted by atomic mass is 10.1. The fraction of sp³-hybridized carbons (Fsp3) is 0.190. The summed E-state index contributed by atoms with van der Waals surface area (Å²) < 4.78 is 7.13. The number of rotatable bonds is 6. The van der Waals surface area contributed by atoms with Crippen LogP contribution in [0.1, 0.15) is 32.9 Å². The SMILES string of the molecule is COc1ccc(Cl)cc1/C(N)=N/OC(=O)c1ccc(Cn2nc(C)cc2C)cc1. The van der Waals surface area contributed by atoms with E-state index < -0.39 is 5.97 Å². The van der Waals surface area contributed by atoms with Crippen molar-refractivity contribution in [3.8, 4) is 5.75 Å². The maximum absolute atomic E-state index is 12.3. The maximum atomic E-state index is 12.3. The Hall–Kier alpha value is -3.32. The Kier molecular flexibility index (Phi) is 6.19. The number of nitrogens with two attached hydrogens (primary N) is 1. The fourth-order valence-electron chi connectivity index (χ4n) is 2.83.